The van der Waals surface area contributed by atoms with E-state index in [1.807, 2.05) is 0 Å². The molecule has 1 atom stereocenters. The first kappa shape index (κ1) is 22.4. The van der Waals surface area contributed by atoms with Crippen molar-refractivity contribution in [3.63, 3.8) is 0 Å². The summed E-state index contributed by atoms with van der Waals surface area (Å²) in [4.78, 5) is 39.9. The molecule has 0 saturated heterocycles. The van der Waals surface area contributed by atoms with Gasteiger partial charge < -0.3 is 14.5 Å². The molecule has 0 aliphatic carbocycles. The Kier molecular flexibility index (Phi) is 6.63. The smallest absolute Gasteiger partial charge is 0.339 e. The summed E-state index contributed by atoms with van der Waals surface area (Å²) in [5.74, 6) is -2.03. The Morgan fingerprint density at radius 3 is 2.38 bits per heavy atom. The Balaban J connectivity index is 2.19. The lowest BCUT2D eigenvalue weighted by Crippen LogP contribution is -2.25. The van der Waals surface area contributed by atoms with Crippen molar-refractivity contribution in [2.75, 3.05) is 13.4 Å². The fraction of sp³-hybridized carbons (Fsp3) is 0.350. The average molecular weight is 421 g/mol. The van der Waals surface area contributed by atoms with Gasteiger partial charge in [-0.15, -0.1) is 0 Å². The van der Waals surface area contributed by atoms with Crippen LogP contribution in [-0.2, 0) is 25.1 Å². The predicted molar refractivity (Wildman–Crippen MR) is 106 cm³/mol. The van der Waals surface area contributed by atoms with Gasteiger partial charge in [0.1, 0.15) is 0 Å². The number of ether oxygens (including phenoxy) is 2. The number of carbonyl (C=O) groups is 3. The number of hydrogen-bond acceptors (Lipinski definition) is 7. The highest BCUT2D eigenvalue weighted by atomic mass is 32.2. The number of methoxy groups -OCH3 is 1. The zero-order valence-electron chi connectivity index (χ0n) is 16.9. The van der Waals surface area contributed by atoms with Crippen LogP contribution in [0.3, 0.4) is 0 Å². The molecule has 1 aromatic heterocycles. The predicted octanol–water partition coefficient (Wildman–Crippen LogP) is 2.39. The van der Waals surface area contributed by atoms with Gasteiger partial charge >= 0.3 is 11.9 Å². The Morgan fingerprint density at radius 2 is 1.79 bits per heavy atom. The number of benzene rings is 1. The summed E-state index contributed by atoms with van der Waals surface area (Å²) in [6.07, 6.45) is -0.0227. The number of ketones is 1. The van der Waals surface area contributed by atoms with Crippen LogP contribution >= 0.6 is 0 Å². The van der Waals surface area contributed by atoms with Crippen molar-refractivity contribution >= 4 is 27.6 Å². The lowest BCUT2D eigenvalue weighted by atomic mass is 10.1. The van der Waals surface area contributed by atoms with Gasteiger partial charge in [0.25, 0.3) is 0 Å². The van der Waals surface area contributed by atoms with Crippen molar-refractivity contribution < 1.29 is 32.3 Å². The number of rotatable bonds is 7. The quantitative estimate of drug-likeness (QED) is 0.538. The number of Topliss-reactive ketones (excluding diaryl/α,β-unsaturated/α-hetero) is 1. The van der Waals surface area contributed by atoms with Crippen LogP contribution < -0.4 is 0 Å². The molecule has 0 spiro atoms. The van der Waals surface area contributed by atoms with Crippen molar-refractivity contribution in [1.29, 1.82) is 0 Å². The molecule has 8 nitrogen and oxygen atoms in total. The van der Waals surface area contributed by atoms with Gasteiger partial charge in [-0.05, 0) is 44.0 Å². The fourth-order valence-corrected chi connectivity index (χ4v) is 3.77. The number of hydrogen-bond donors (Lipinski definition) is 1. The first-order chi connectivity index (χ1) is 13.4. The number of aromatic amines is 1. The van der Waals surface area contributed by atoms with E-state index in [0.29, 0.717) is 16.8 Å². The van der Waals surface area contributed by atoms with Gasteiger partial charge in [0, 0.05) is 11.9 Å². The Bertz CT molecular complexity index is 1070. The van der Waals surface area contributed by atoms with Crippen LogP contribution in [0.25, 0.3) is 0 Å². The van der Waals surface area contributed by atoms with E-state index in [-0.39, 0.29) is 22.6 Å². The molecule has 0 saturated carbocycles. The number of esters is 2. The normalized spacial score (nSPS) is 12.3. The summed E-state index contributed by atoms with van der Waals surface area (Å²) in [5.41, 5.74) is 1.90. The van der Waals surface area contributed by atoms with Crippen LogP contribution in [0.1, 0.15) is 54.9 Å². The minimum atomic E-state index is -3.26. The van der Waals surface area contributed by atoms with Gasteiger partial charge in [-0.3, -0.25) is 4.79 Å². The Morgan fingerprint density at radius 1 is 1.14 bits per heavy atom. The highest BCUT2D eigenvalue weighted by molar-refractivity contribution is 7.89. The SMILES string of the molecule is COC(=O)c1c(C)[nH]c(C(=O)[C@@H](C)OC(=O)c2cccc(CS(C)(=O)=O)c2)c1C. The summed E-state index contributed by atoms with van der Waals surface area (Å²) < 4.78 is 32.9. The number of aromatic nitrogens is 1. The molecule has 0 aliphatic rings. The maximum atomic E-state index is 12.7. The van der Waals surface area contributed by atoms with Crippen LogP contribution in [0.4, 0.5) is 0 Å². The van der Waals surface area contributed by atoms with Gasteiger partial charge in [-0.1, -0.05) is 12.1 Å². The van der Waals surface area contributed by atoms with Gasteiger partial charge in [0.2, 0.25) is 5.78 Å². The Hall–Kier alpha value is -2.94. The second-order valence-electron chi connectivity index (χ2n) is 6.80. The highest BCUT2D eigenvalue weighted by Gasteiger charge is 2.27. The van der Waals surface area contributed by atoms with E-state index in [1.165, 1.54) is 26.2 Å². The van der Waals surface area contributed by atoms with E-state index in [0.717, 1.165) is 6.26 Å². The zero-order valence-corrected chi connectivity index (χ0v) is 17.7. The summed E-state index contributed by atoms with van der Waals surface area (Å²) in [6.45, 7) is 4.67. The third-order valence-electron chi connectivity index (χ3n) is 4.32. The molecule has 0 fully saturated rings. The van der Waals surface area contributed by atoms with Gasteiger partial charge in [0.05, 0.1) is 29.7 Å². The molecule has 2 rings (SSSR count). The first-order valence-electron chi connectivity index (χ1n) is 8.74. The summed E-state index contributed by atoms with van der Waals surface area (Å²) in [6, 6.07) is 6.03. The minimum absolute atomic E-state index is 0.139. The van der Waals surface area contributed by atoms with Gasteiger partial charge in [-0.25, -0.2) is 18.0 Å². The molecule has 0 aliphatic heterocycles. The molecule has 29 heavy (non-hydrogen) atoms. The molecule has 156 valence electrons. The van der Waals surface area contributed by atoms with E-state index >= 15 is 0 Å². The van der Waals surface area contributed by atoms with Crippen LogP contribution in [-0.4, -0.2) is 50.6 Å². The molecule has 0 amide bonds. The average Bonchev–Trinajstić information content (AvgIpc) is 2.93. The second kappa shape index (κ2) is 8.60. The highest BCUT2D eigenvalue weighted by Crippen LogP contribution is 2.21. The standard InChI is InChI=1S/C20H23NO7S/c1-11-16(20(24)27-4)12(2)21-17(11)18(22)13(3)28-19(23)15-8-6-7-14(9-15)10-29(5,25)26/h6-9,13,21H,10H2,1-5H3/t13-/m1/s1. The monoisotopic (exact) mass is 421 g/mol. The molecule has 2 aromatic rings. The van der Waals surface area contributed by atoms with Crippen LogP contribution in [0.15, 0.2) is 24.3 Å². The minimum Gasteiger partial charge on any atom is -0.465 e. The summed E-state index contributed by atoms with van der Waals surface area (Å²) in [5, 5.41) is 0. The number of aryl methyl sites for hydroxylation is 1. The van der Waals surface area contributed by atoms with Gasteiger partial charge in [0.15, 0.2) is 15.9 Å². The van der Waals surface area contributed by atoms with Crippen molar-refractivity contribution in [2.24, 2.45) is 0 Å². The number of nitrogens with one attached hydrogen (secondary N) is 1. The molecule has 1 N–H and O–H groups in total. The summed E-state index contributed by atoms with van der Waals surface area (Å²) >= 11 is 0. The third kappa shape index (κ3) is 5.32. The maximum absolute atomic E-state index is 12.7. The topological polar surface area (TPSA) is 120 Å². The van der Waals surface area contributed by atoms with E-state index in [1.54, 1.807) is 26.0 Å². The number of carbonyl (C=O) groups excluding carboxylic acids is 3. The molecular weight excluding hydrogens is 398 g/mol. The van der Waals surface area contributed by atoms with Crippen LogP contribution in [0.5, 0.6) is 0 Å². The van der Waals surface area contributed by atoms with E-state index in [4.69, 9.17) is 9.47 Å². The fourth-order valence-electron chi connectivity index (χ4n) is 2.98. The van der Waals surface area contributed by atoms with Crippen molar-refractivity contribution in [3.8, 4) is 0 Å². The van der Waals surface area contributed by atoms with Crippen LogP contribution in [0, 0.1) is 13.8 Å². The molecule has 1 heterocycles. The molecule has 1 aromatic carbocycles. The lowest BCUT2D eigenvalue weighted by molar-refractivity contribution is 0.0316. The van der Waals surface area contributed by atoms with Gasteiger partial charge in [-0.2, -0.15) is 0 Å². The molecule has 0 unspecified atom stereocenters. The van der Waals surface area contributed by atoms with E-state index in [9.17, 15) is 22.8 Å². The van der Waals surface area contributed by atoms with Crippen molar-refractivity contribution in [3.05, 3.63) is 57.9 Å². The van der Waals surface area contributed by atoms with E-state index in [2.05, 4.69) is 4.98 Å². The molecular formula is C20H23NO7S. The second-order valence-corrected chi connectivity index (χ2v) is 8.94. The molecule has 0 radical (unpaired) electrons. The summed E-state index contributed by atoms with van der Waals surface area (Å²) in [7, 11) is -2.01. The van der Waals surface area contributed by atoms with Crippen molar-refractivity contribution in [2.45, 2.75) is 32.6 Å². The number of H-pyrrole nitrogens is 1. The zero-order chi connectivity index (χ0) is 21.9. The molecule has 0 bridgehead atoms. The molecule has 9 heteroatoms. The van der Waals surface area contributed by atoms with E-state index < -0.39 is 33.7 Å². The lowest BCUT2D eigenvalue weighted by Gasteiger charge is -2.13. The first-order valence-corrected chi connectivity index (χ1v) is 10.8. The number of sulfone groups is 1. The maximum Gasteiger partial charge on any atom is 0.339 e. The third-order valence-corrected chi connectivity index (χ3v) is 5.18. The Labute approximate surface area is 169 Å². The largest absolute Gasteiger partial charge is 0.465 e. The van der Waals surface area contributed by atoms with Crippen LogP contribution in [0.2, 0.25) is 0 Å². The van der Waals surface area contributed by atoms with Crippen molar-refractivity contribution in [1.82, 2.24) is 4.98 Å².